The van der Waals surface area contributed by atoms with Crippen LogP contribution in [0.3, 0.4) is 0 Å². The molecule has 0 spiro atoms. The van der Waals surface area contributed by atoms with Crippen LogP contribution in [0.4, 0.5) is 5.69 Å². The van der Waals surface area contributed by atoms with Crippen LogP contribution in [0.1, 0.15) is 19.0 Å². The lowest BCUT2D eigenvalue weighted by molar-refractivity contribution is 0.595. The molecule has 5 nitrogen and oxygen atoms in total. The summed E-state index contributed by atoms with van der Waals surface area (Å²) in [5.41, 5.74) is 1.78. The second-order valence-electron chi connectivity index (χ2n) is 3.88. The summed E-state index contributed by atoms with van der Waals surface area (Å²) in [6, 6.07) is 0. The SMILES string of the molecule is CCCS(=O)(=O)CCNc1cn(C)nc1C. The normalized spacial score (nSPS) is 11.7. The van der Waals surface area contributed by atoms with Gasteiger partial charge in [-0.1, -0.05) is 6.92 Å². The zero-order valence-corrected chi connectivity index (χ0v) is 10.8. The smallest absolute Gasteiger partial charge is 0.152 e. The van der Waals surface area contributed by atoms with Crippen LogP contribution in [0.5, 0.6) is 0 Å². The zero-order chi connectivity index (χ0) is 12.2. The van der Waals surface area contributed by atoms with Crippen molar-refractivity contribution in [1.29, 1.82) is 0 Å². The highest BCUT2D eigenvalue weighted by Crippen LogP contribution is 2.10. The van der Waals surface area contributed by atoms with Gasteiger partial charge in [0.1, 0.15) is 0 Å². The fourth-order valence-corrected chi connectivity index (χ4v) is 2.77. The average Bonchev–Trinajstić information content (AvgIpc) is 2.44. The van der Waals surface area contributed by atoms with Crippen molar-refractivity contribution in [3.05, 3.63) is 11.9 Å². The Morgan fingerprint density at radius 1 is 1.44 bits per heavy atom. The Bertz CT molecular complexity index is 437. The number of aryl methyl sites for hydroxylation is 2. The van der Waals surface area contributed by atoms with Gasteiger partial charge in [-0.3, -0.25) is 4.68 Å². The van der Waals surface area contributed by atoms with E-state index in [-0.39, 0.29) is 11.5 Å². The summed E-state index contributed by atoms with van der Waals surface area (Å²) >= 11 is 0. The number of rotatable bonds is 6. The summed E-state index contributed by atoms with van der Waals surface area (Å²) in [6.45, 7) is 4.20. The van der Waals surface area contributed by atoms with Gasteiger partial charge >= 0.3 is 0 Å². The van der Waals surface area contributed by atoms with Crippen molar-refractivity contribution >= 4 is 15.5 Å². The number of nitrogens with zero attached hydrogens (tertiary/aromatic N) is 2. The van der Waals surface area contributed by atoms with E-state index in [0.29, 0.717) is 13.0 Å². The van der Waals surface area contributed by atoms with Gasteiger partial charge in [0.2, 0.25) is 0 Å². The van der Waals surface area contributed by atoms with Crippen molar-refractivity contribution in [2.45, 2.75) is 20.3 Å². The lowest BCUT2D eigenvalue weighted by Crippen LogP contribution is -2.18. The van der Waals surface area contributed by atoms with E-state index in [1.165, 1.54) is 0 Å². The summed E-state index contributed by atoms with van der Waals surface area (Å²) in [5, 5.41) is 7.25. The Labute approximate surface area is 96.8 Å². The van der Waals surface area contributed by atoms with Crippen molar-refractivity contribution in [3.8, 4) is 0 Å². The molecule has 16 heavy (non-hydrogen) atoms. The summed E-state index contributed by atoms with van der Waals surface area (Å²) < 4.78 is 24.6. The van der Waals surface area contributed by atoms with Gasteiger partial charge in [-0.15, -0.1) is 0 Å². The molecule has 0 bridgehead atoms. The highest BCUT2D eigenvalue weighted by atomic mass is 32.2. The molecule has 6 heteroatoms. The molecule has 0 atom stereocenters. The highest BCUT2D eigenvalue weighted by molar-refractivity contribution is 7.91. The molecular weight excluding hydrogens is 226 g/mol. The van der Waals surface area contributed by atoms with Crippen LogP contribution in [0.25, 0.3) is 0 Å². The molecule has 0 aliphatic heterocycles. The first-order valence-electron chi connectivity index (χ1n) is 5.39. The maximum atomic E-state index is 11.5. The fraction of sp³-hybridized carbons (Fsp3) is 0.700. The van der Waals surface area contributed by atoms with Crippen LogP contribution in [0.15, 0.2) is 6.20 Å². The van der Waals surface area contributed by atoms with Crippen LogP contribution in [0, 0.1) is 6.92 Å². The molecule has 0 fully saturated rings. The first-order chi connectivity index (χ1) is 7.44. The molecule has 1 rings (SSSR count). The molecule has 1 N–H and O–H groups in total. The molecule has 0 radical (unpaired) electrons. The summed E-state index contributed by atoms with van der Waals surface area (Å²) in [5.74, 6) is 0.440. The maximum absolute atomic E-state index is 11.5. The summed E-state index contributed by atoms with van der Waals surface area (Å²) in [4.78, 5) is 0. The zero-order valence-electron chi connectivity index (χ0n) is 10.0. The molecule has 0 aliphatic rings. The van der Waals surface area contributed by atoms with E-state index in [2.05, 4.69) is 10.4 Å². The minimum atomic E-state index is -2.90. The molecule has 0 aromatic carbocycles. The largest absolute Gasteiger partial charge is 0.381 e. The lowest BCUT2D eigenvalue weighted by atomic mass is 10.4. The number of aromatic nitrogens is 2. The topological polar surface area (TPSA) is 64.0 Å². The quantitative estimate of drug-likeness (QED) is 0.811. The third-order valence-electron chi connectivity index (χ3n) is 2.26. The van der Waals surface area contributed by atoms with E-state index >= 15 is 0 Å². The monoisotopic (exact) mass is 245 g/mol. The first-order valence-corrected chi connectivity index (χ1v) is 7.21. The Balaban J connectivity index is 2.45. The minimum Gasteiger partial charge on any atom is -0.381 e. The van der Waals surface area contributed by atoms with Gasteiger partial charge in [0.05, 0.1) is 17.1 Å². The molecule has 0 saturated carbocycles. The predicted molar refractivity (Wildman–Crippen MR) is 65.4 cm³/mol. The van der Waals surface area contributed by atoms with E-state index in [0.717, 1.165) is 11.4 Å². The van der Waals surface area contributed by atoms with E-state index in [1.54, 1.807) is 4.68 Å². The van der Waals surface area contributed by atoms with Crippen LogP contribution in [-0.4, -0.2) is 36.2 Å². The molecule has 0 unspecified atom stereocenters. The number of anilines is 1. The third kappa shape index (κ3) is 3.84. The van der Waals surface area contributed by atoms with Gasteiger partial charge < -0.3 is 5.32 Å². The Kier molecular flexibility index (Phi) is 4.35. The molecule has 0 aliphatic carbocycles. The van der Waals surface area contributed by atoms with Gasteiger partial charge in [-0.2, -0.15) is 5.10 Å². The van der Waals surface area contributed by atoms with Crippen LogP contribution in [0.2, 0.25) is 0 Å². The van der Waals surface area contributed by atoms with Crippen molar-refractivity contribution in [2.75, 3.05) is 23.4 Å². The number of sulfone groups is 1. The van der Waals surface area contributed by atoms with Crippen molar-refractivity contribution in [2.24, 2.45) is 7.05 Å². The Hall–Kier alpha value is -1.04. The van der Waals surface area contributed by atoms with Crippen LogP contribution < -0.4 is 5.32 Å². The van der Waals surface area contributed by atoms with Crippen LogP contribution >= 0.6 is 0 Å². The second-order valence-corrected chi connectivity index (χ2v) is 6.18. The fourth-order valence-electron chi connectivity index (χ4n) is 1.53. The van der Waals surface area contributed by atoms with E-state index in [4.69, 9.17) is 0 Å². The lowest BCUT2D eigenvalue weighted by Gasteiger charge is -2.05. The predicted octanol–water partition coefficient (Wildman–Crippen LogP) is 0.965. The second kappa shape index (κ2) is 5.34. The van der Waals surface area contributed by atoms with E-state index in [9.17, 15) is 8.42 Å². The summed E-state index contributed by atoms with van der Waals surface area (Å²) in [6.07, 6.45) is 2.52. The van der Waals surface area contributed by atoms with Crippen molar-refractivity contribution in [1.82, 2.24) is 9.78 Å². The summed E-state index contributed by atoms with van der Waals surface area (Å²) in [7, 11) is -1.06. The minimum absolute atomic E-state index is 0.176. The standard InChI is InChI=1S/C10H19N3O2S/c1-4-6-16(14,15)7-5-11-10-8-13(3)12-9(10)2/h8,11H,4-7H2,1-3H3. The Morgan fingerprint density at radius 3 is 2.62 bits per heavy atom. The number of hydrogen-bond donors (Lipinski definition) is 1. The molecule has 1 heterocycles. The highest BCUT2D eigenvalue weighted by Gasteiger charge is 2.09. The van der Waals surface area contributed by atoms with Gasteiger partial charge in [-0.05, 0) is 13.3 Å². The first kappa shape index (κ1) is 13.0. The number of nitrogens with one attached hydrogen (secondary N) is 1. The van der Waals surface area contributed by atoms with Gasteiger partial charge in [0.25, 0.3) is 0 Å². The molecular formula is C10H19N3O2S. The number of hydrogen-bond acceptors (Lipinski definition) is 4. The third-order valence-corrected chi connectivity index (χ3v) is 4.11. The maximum Gasteiger partial charge on any atom is 0.152 e. The molecule has 1 aromatic heterocycles. The van der Waals surface area contributed by atoms with Gasteiger partial charge in [0.15, 0.2) is 9.84 Å². The molecule has 92 valence electrons. The van der Waals surface area contributed by atoms with Crippen molar-refractivity contribution in [3.63, 3.8) is 0 Å². The molecule has 0 amide bonds. The van der Waals surface area contributed by atoms with Crippen molar-refractivity contribution < 1.29 is 8.42 Å². The molecule has 0 saturated heterocycles. The van der Waals surface area contributed by atoms with Crippen LogP contribution in [-0.2, 0) is 16.9 Å². The van der Waals surface area contributed by atoms with E-state index < -0.39 is 9.84 Å². The average molecular weight is 245 g/mol. The van der Waals surface area contributed by atoms with Gasteiger partial charge in [0, 0.05) is 25.5 Å². The molecule has 1 aromatic rings. The van der Waals surface area contributed by atoms with Gasteiger partial charge in [-0.25, -0.2) is 8.42 Å². The van der Waals surface area contributed by atoms with E-state index in [1.807, 2.05) is 27.1 Å². The Morgan fingerprint density at radius 2 is 2.12 bits per heavy atom.